The van der Waals surface area contributed by atoms with Crippen molar-refractivity contribution in [2.45, 2.75) is 38.8 Å². The number of sulfonamides is 1. The molecule has 1 amide bonds. The maximum absolute atomic E-state index is 12.2. The minimum atomic E-state index is -3.43. The van der Waals surface area contributed by atoms with Crippen molar-refractivity contribution in [2.24, 2.45) is 0 Å². The minimum Gasteiger partial charge on any atom is -0.350 e. The Morgan fingerprint density at radius 1 is 1.36 bits per heavy atom. The molecule has 25 heavy (non-hydrogen) atoms. The summed E-state index contributed by atoms with van der Waals surface area (Å²) >= 11 is 5.71. The van der Waals surface area contributed by atoms with Gasteiger partial charge in [-0.2, -0.15) is 0 Å². The number of hydrogen-bond acceptors (Lipinski definition) is 5. The molecule has 1 fully saturated rings. The zero-order chi connectivity index (χ0) is 18.4. The van der Waals surface area contributed by atoms with Crippen LogP contribution < -0.4 is 10.0 Å². The van der Waals surface area contributed by atoms with Gasteiger partial charge in [-0.05, 0) is 51.9 Å². The average Bonchev–Trinajstić information content (AvgIpc) is 2.55. The molecular formula is C16H25ClN4O3S. The maximum atomic E-state index is 12.2. The van der Waals surface area contributed by atoms with E-state index in [-0.39, 0.29) is 24.0 Å². The number of hydrogen-bond donors (Lipinski definition) is 2. The summed E-state index contributed by atoms with van der Waals surface area (Å²) in [5.74, 6) is -0.575. The van der Waals surface area contributed by atoms with Gasteiger partial charge in [0.2, 0.25) is 10.0 Å². The van der Waals surface area contributed by atoms with Gasteiger partial charge in [0.1, 0.15) is 5.69 Å². The Morgan fingerprint density at radius 2 is 2.04 bits per heavy atom. The Balaban J connectivity index is 1.74. The Hall–Kier alpha value is -1.22. The third-order valence-electron chi connectivity index (χ3n) is 4.22. The zero-order valence-electron chi connectivity index (χ0n) is 14.5. The summed E-state index contributed by atoms with van der Waals surface area (Å²) in [7, 11) is -3.43. The van der Waals surface area contributed by atoms with Gasteiger partial charge < -0.3 is 10.2 Å². The molecule has 2 heterocycles. The number of amides is 1. The van der Waals surface area contributed by atoms with Crippen LogP contribution in [0.4, 0.5) is 0 Å². The molecular weight excluding hydrogens is 364 g/mol. The standard InChI is InChI=1S/C16H25ClN4O3S/c1-12(2)21-8-5-14(6-9-21)20-25(23,24)10-7-18-16(22)15-4-3-13(17)11-19-15/h3-4,11-12,14,20H,5-10H2,1-2H3,(H,18,22). The fourth-order valence-electron chi connectivity index (χ4n) is 2.75. The summed E-state index contributed by atoms with van der Waals surface area (Å²) < 4.78 is 27.1. The summed E-state index contributed by atoms with van der Waals surface area (Å²) in [4.78, 5) is 18.1. The number of pyridine rings is 1. The van der Waals surface area contributed by atoms with Crippen LogP contribution in [0.5, 0.6) is 0 Å². The van der Waals surface area contributed by atoms with Crippen LogP contribution in [0.1, 0.15) is 37.2 Å². The maximum Gasteiger partial charge on any atom is 0.269 e. The quantitative estimate of drug-likeness (QED) is 0.733. The van der Waals surface area contributed by atoms with Crippen LogP contribution in [-0.4, -0.2) is 61.7 Å². The predicted octanol–water partition coefficient (Wildman–Crippen LogP) is 1.26. The average molecular weight is 389 g/mol. The van der Waals surface area contributed by atoms with Crippen molar-refractivity contribution in [1.82, 2.24) is 19.9 Å². The fraction of sp³-hybridized carbons (Fsp3) is 0.625. The lowest BCUT2D eigenvalue weighted by atomic mass is 10.1. The highest BCUT2D eigenvalue weighted by atomic mass is 35.5. The summed E-state index contributed by atoms with van der Waals surface area (Å²) in [6.07, 6.45) is 2.98. The second-order valence-electron chi connectivity index (χ2n) is 6.46. The van der Waals surface area contributed by atoms with E-state index in [1.165, 1.54) is 12.3 Å². The van der Waals surface area contributed by atoms with Crippen molar-refractivity contribution in [1.29, 1.82) is 0 Å². The molecule has 140 valence electrons. The Morgan fingerprint density at radius 3 is 2.60 bits per heavy atom. The molecule has 2 N–H and O–H groups in total. The monoisotopic (exact) mass is 388 g/mol. The highest BCUT2D eigenvalue weighted by molar-refractivity contribution is 7.89. The van der Waals surface area contributed by atoms with Crippen molar-refractivity contribution in [2.75, 3.05) is 25.4 Å². The summed E-state index contributed by atoms with van der Waals surface area (Å²) in [5, 5.41) is 3.00. The van der Waals surface area contributed by atoms with Crippen LogP contribution in [0, 0.1) is 0 Å². The van der Waals surface area contributed by atoms with Gasteiger partial charge in [0.15, 0.2) is 0 Å². The van der Waals surface area contributed by atoms with Crippen molar-refractivity contribution in [3.63, 3.8) is 0 Å². The summed E-state index contributed by atoms with van der Waals surface area (Å²) in [6, 6.07) is 3.50. The van der Waals surface area contributed by atoms with Crippen LogP contribution >= 0.6 is 11.6 Å². The van der Waals surface area contributed by atoms with E-state index >= 15 is 0 Å². The van der Waals surface area contributed by atoms with E-state index < -0.39 is 15.9 Å². The Labute approximate surface area is 154 Å². The second-order valence-corrected chi connectivity index (χ2v) is 8.77. The molecule has 1 aromatic rings. The highest BCUT2D eigenvalue weighted by Gasteiger charge is 2.24. The lowest BCUT2D eigenvalue weighted by molar-refractivity contribution is 0.0951. The predicted molar refractivity (Wildman–Crippen MR) is 98.2 cm³/mol. The van der Waals surface area contributed by atoms with Gasteiger partial charge in [0, 0.05) is 24.8 Å². The molecule has 9 heteroatoms. The molecule has 0 unspecified atom stereocenters. The molecule has 1 aromatic heterocycles. The first kappa shape index (κ1) is 20.1. The molecule has 0 saturated carbocycles. The van der Waals surface area contributed by atoms with Crippen LogP contribution in [-0.2, 0) is 10.0 Å². The minimum absolute atomic E-state index is 0.0311. The number of piperidine rings is 1. The number of carbonyl (C=O) groups is 1. The van der Waals surface area contributed by atoms with Crippen LogP contribution in [0.3, 0.4) is 0 Å². The Bertz CT molecular complexity index is 671. The molecule has 0 atom stereocenters. The van der Waals surface area contributed by atoms with Gasteiger partial charge in [0.05, 0.1) is 10.8 Å². The SMILES string of the molecule is CC(C)N1CCC(NS(=O)(=O)CCNC(=O)c2ccc(Cl)cn2)CC1. The van der Waals surface area contributed by atoms with Gasteiger partial charge in [-0.1, -0.05) is 11.6 Å². The topological polar surface area (TPSA) is 91.4 Å². The summed E-state index contributed by atoms with van der Waals surface area (Å²) in [6.45, 7) is 6.10. The molecule has 0 radical (unpaired) electrons. The molecule has 7 nitrogen and oxygen atoms in total. The number of aromatic nitrogens is 1. The van der Waals surface area contributed by atoms with Crippen LogP contribution in [0.15, 0.2) is 18.3 Å². The number of nitrogens with zero attached hydrogens (tertiary/aromatic N) is 2. The van der Waals surface area contributed by atoms with Gasteiger partial charge in [-0.3, -0.25) is 4.79 Å². The van der Waals surface area contributed by atoms with E-state index in [9.17, 15) is 13.2 Å². The molecule has 0 aliphatic carbocycles. The smallest absolute Gasteiger partial charge is 0.269 e. The van der Waals surface area contributed by atoms with Gasteiger partial charge in [-0.25, -0.2) is 18.1 Å². The second kappa shape index (κ2) is 8.93. The van der Waals surface area contributed by atoms with E-state index in [0.29, 0.717) is 11.1 Å². The first-order chi connectivity index (χ1) is 11.8. The number of likely N-dealkylation sites (tertiary alicyclic amines) is 1. The normalized spacial score (nSPS) is 17.0. The molecule has 0 bridgehead atoms. The largest absolute Gasteiger partial charge is 0.350 e. The van der Waals surface area contributed by atoms with E-state index in [1.54, 1.807) is 6.07 Å². The van der Waals surface area contributed by atoms with Gasteiger partial charge in [-0.15, -0.1) is 0 Å². The molecule has 2 rings (SSSR count). The van der Waals surface area contributed by atoms with Crippen molar-refractivity contribution < 1.29 is 13.2 Å². The molecule has 1 saturated heterocycles. The first-order valence-electron chi connectivity index (χ1n) is 8.40. The first-order valence-corrected chi connectivity index (χ1v) is 10.4. The van der Waals surface area contributed by atoms with Crippen molar-refractivity contribution >= 4 is 27.5 Å². The lowest BCUT2D eigenvalue weighted by Crippen LogP contribution is -2.47. The third kappa shape index (κ3) is 6.54. The lowest BCUT2D eigenvalue weighted by Gasteiger charge is -2.34. The van der Waals surface area contributed by atoms with Gasteiger partial charge >= 0.3 is 0 Å². The molecule has 0 spiro atoms. The zero-order valence-corrected chi connectivity index (χ0v) is 16.1. The van der Waals surface area contributed by atoms with Crippen LogP contribution in [0.2, 0.25) is 5.02 Å². The number of nitrogens with one attached hydrogen (secondary N) is 2. The molecule has 1 aliphatic rings. The van der Waals surface area contributed by atoms with E-state index in [2.05, 4.69) is 33.8 Å². The number of carbonyl (C=O) groups excluding carboxylic acids is 1. The van der Waals surface area contributed by atoms with Crippen molar-refractivity contribution in [3.8, 4) is 0 Å². The highest BCUT2D eigenvalue weighted by Crippen LogP contribution is 2.13. The molecule has 1 aliphatic heterocycles. The van der Waals surface area contributed by atoms with Crippen LogP contribution in [0.25, 0.3) is 0 Å². The number of rotatable bonds is 7. The van der Waals surface area contributed by atoms with E-state index in [4.69, 9.17) is 11.6 Å². The van der Waals surface area contributed by atoms with Crippen molar-refractivity contribution in [3.05, 3.63) is 29.0 Å². The van der Waals surface area contributed by atoms with E-state index in [1.807, 2.05) is 0 Å². The fourth-order valence-corrected chi connectivity index (χ4v) is 4.09. The Kier molecular flexibility index (Phi) is 7.18. The summed E-state index contributed by atoms with van der Waals surface area (Å²) in [5.41, 5.74) is 0.204. The van der Waals surface area contributed by atoms with Gasteiger partial charge in [0.25, 0.3) is 5.91 Å². The molecule has 0 aromatic carbocycles. The van der Waals surface area contributed by atoms with E-state index in [0.717, 1.165) is 25.9 Å². The number of halogens is 1. The third-order valence-corrected chi connectivity index (χ3v) is 5.88.